The van der Waals surface area contributed by atoms with Crippen molar-refractivity contribution in [2.75, 3.05) is 18.6 Å². The Morgan fingerprint density at radius 1 is 1.50 bits per heavy atom. The third kappa shape index (κ3) is 1.72. The molecule has 1 N–H and O–H groups in total. The topological polar surface area (TPSA) is 57.6 Å². The van der Waals surface area contributed by atoms with Crippen LogP contribution in [0, 0.1) is 0 Å². The smallest absolute Gasteiger partial charge is 0.231 e. The molecule has 0 unspecified atom stereocenters. The molecule has 1 aromatic rings. The van der Waals surface area contributed by atoms with Crippen LogP contribution in [0.15, 0.2) is 18.2 Å². The number of benzene rings is 1. The predicted molar refractivity (Wildman–Crippen MR) is 59.6 cm³/mol. The van der Waals surface area contributed by atoms with E-state index >= 15 is 0 Å². The fourth-order valence-corrected chi connectivity index (χ4v) is 1.89. The summed E-state index contributed by atoms with van der Waals surface area (Å²) in [6.07, 6.45) is 0.481. The van der Waals surface area contributed by atoms with E-state index < -0.39 is 0 Å². The van der Waals surface area contributed by atoms with Crippen molar-refractivity contribution in [1.82, 2.24) is 0 Å². The zero-order valence-electron chi connectivity index (χ0n) is 9.06. The second-order valence-corrected chi connectivity index (χ2v) is 3.87. The summed E-state index contributed by atoms with van der Waals surface area (Å²) in [5, 5.41) is 8.69. The number of carbonyl (C=O) groups is 2. The highest BCUT2D eigenvalue weighted by molar-refractivity contribution is 6.03. The van der Waals surface area contributed by atoms with Crippen molar-refractivity contribution in [1.29, 1.82) is 0 Å². The van der Waals surface area contributed by atoms with Crippen LogP contribution in [0.4, 0.5) is 5.69 Å². The first-order valence-corrected chi connectivity index (χ1v) is 5.17. The molecule has 4 nitrogen and oxygen atoms in total. The van der Waals surface area contributed by atoms with Crippen LogP contribution in [0.25, 0.3) is 0 Å². The Labute approximate surface area is 93.5 Å². The van der Waals surface area contributed by atoms with Gasteiger partial charge in [0.05, 0.1) is 13.0 Å². The third-order valence-corrected chi connectivity index (χ3v) is 2.82. The maximum atomic E-state index is 11.5. The van der Waals surface area contributed by atoms with Gasteiger partial charge in [-0.2, -0.15) is 0 Å². The molecular formula is C12H13NO3. The fraction of sp³-hybridized carbons (Fsp3) is 0.333. The number of amides is 1. The van der Waals surface area contributed by atoms with Gasteiger partial charge in [0.25, 0.3) is 0 Å². The molecule has 1 aromatic carbocycles. The molecule has 4 heteroatoms. The molecule has 0 fully saturated rings. The van der Waals surface area contributed by atoms with Crippen LogP contribution in [0.5, 0.6) is 0 Å². The monoisotopic (exact) mass is 219 g/mol. The first-order chi connectivity index (χ1) is 7.63. The average molecular weight is 219 g/mol. The summed E-state index contributed by atoms with van der Waals surface area (Å²) in [6.45, 7) is -0.144. The fourth-order valence-electron chi connectivity index (χ4n) is 1.89. The van der Waals surface area contributed by atoms with Crippen molar-refractivity contribution in [3.05, 3.63) is 29.3 Å². The van der Waals surface area contributed by atoms with Crippen LogP contribution < -0.4 is 4.90 Å². The Morgan fingerprint density at radius 3 is 2.94 bits per heavy atom. The van der Waals surface area contributed by atoms with Crippen molar-refractivity contribution in [3.63, 3.8) is 0 Å². The van der Waals surface area contributed by atoms with E-state index in [1.807, 2.05) is 0 Å². The second kappa shape index (κ2) is 4.06. The van der Waals surface area contributed by atoms with Gasteiger partial charge in [-0.1, -0.05) is 0 Å². The molecule has 0 aliphatic carbocycles. The maximum Gasteiger partial charge on any atom is 0.231 e. The first-order valence-electron chi connectivity index (χ1n) is 5.17. The number of aliphatic hydroxyl groups is 1. The summed E-state index contributed by atoms with van der Waals surface area (Å²) in [4.78, 5) is 24.6. The highest BCUT2D eigenvalue weighted by Gasteiger charge is 2.24. The summed E-state index contributed by atoms with van der Waals surface area (Å²) in [7, 11) is 1.73. The van der Waals surface area contributed by atoms with Gasteiger partial charge in [0.1, 0.15) is 0 Å². The Balaban J connectivity index is 2.32. The Hall–Kier alpha value is -1.68. The lowest BCUT2D eigenvalue weighted by atomic mass is 10.0. The van der Waals surface area contributed by atoms with E-state index in [2.05, 4.69) is 0 Å². The van der Waals surface area contributed by atoms with Crippen molar-refractivity contribution in [3.8, 4) is 0 Å². The quantitative estimate of drug-likeness (QED) is 0.764. The molecule has 0 atom stereocenters. The van der Waals surface area contributed by atoms with Crippen LogP contribution >= 0.6 is 0 Å². The van der Waals surface area contributed by atoms with Crippen molar-refractivity contribution in [2.24, 2.45) is 0 Å². The Kier molecular flexibility index (Phi) is 2.75. The van der Waals surface area contributed by atoms with E-state index in [-0.39, 0.29) is 24.7 Å². The van der Waals surface area contributed by atoms with Gasteiger partial charge in [-0.25, -0.2) is 0 Å². The number of ketones is 1. The molecule has 1 aliphatic rings. The number of aliphatic hydroxyl groups excluding tert-OH is 1. The summed E-state index contributed by atoms with van der Waals surface area (Å²) in [5.74, 6) is -0.0472. The van der Waals surface area contributed by atoms with E-state index in [1.165, 1.54) is 0 Å². The van der Waals surface area contributed by atoms with Gasteiger partial charge >= 0.3 is 0 Å². The van der Waals surface area contributed by atoms with Crippen molar-refractivity contribution >= 4 is 17.4 Å². The Morgan fingerprint density at radius 2 is 2.25 bits per heavy atom. The number of Topliss-reactive ketones (excluding diaryl/α,β-unsaturated/α-hetero) is 1. The molecule has 2 rings (SSSR count). The van der Waals surface area contributed by atoms with E-state index in [0.29, 0.717) is 12.0 Å². The van der Waals surface area contributed by atoms with Gasteiger partial charge in [0.15, 0.2) is 5.78 Å². The van der Waals surface area contributed by atoms with E-state index in [9.17, 15) is 9.59 Å². The van der Waals surface area contributed by atoms with E-state index in [1.54, 1.807) is 30.1 Å². The van der Waals surface area contributed by atoms with E-state index in [4.69, 9.17) is 5.11 Å². The summed E-state index contributed by atoms with van der Waals surface area (Å²) in [5.41, 5.74) is 2.32. The van der Waals surface area contributed by atoms with Gasteiger partial charge in [0, 0.05) is 24.7 Å². The molecule has 0 aromatic heterocycles. The second-order valence-electron chi connectivity index (χ2n) is 3.87. The normalized spacial score (nSPS) is 14.1. The van der Waals surface area contributed by atoms with Crippen LogP contribution in [-0.2, 0) is 11.2 Å². The predicted octanol–water partition coefficient (Wildman–Crippen LogP) is 0.771. The number of hydrogen-bond acceptors (Lipinski definition) is 3. The lowest BCUT2D eigenvalue weighted by Crippen LogP contribution is -2.20. The third-order valence-electron chi connectivity index (χ3n) is 2.82. The first kappa shape index (κ1) is 10.8. The van der Waals surface area contributed by atoms with Crippen LogP contribution in [0.2, 0.25) is 0 Å². The molecule has 0 radical (unpaired) electrons. The van der Waals surface area contributed by atoms with Gasteiger partial charge in [-0.3, -0.25) is 9.59 Å². The highest BCUT2D eigenvalue weighted by Crippen LogP contribution is 2.28. The van der Waals surface area contributed by atoms with E-state index in [0.717, 1.165) is 11.3 Å². The minimum absolute atomic E-state index is 0.0433. The largest absolute Gasteiger partial charge is 0.396 e. The van der Waals surface area contributed by atoms with Crippen LogP contribution in [0.1, 0.15) is 22.3 Å². The molecule has 0 spiro atoms. The molecule has 0 bridgehead atoms. The van der Waals surface area contributed by atoms with Crippen molar-refractivity contribution < 1.29 is 14.7 Å². The average Bonchev–Trinajstić information content (AvgIpc) is 2.55. The molecule has 84 valence electrons. The summed E-state index contributed by atoms with van der Waals surface area (Å²) >= 11 is 0. The van der Waals surface area contributed by atoms with Gasteiger partial charge in [0.2, 0.25) is 5.91 Å². The number of likely N-dealkylation sites (N-methyl/N-ethyl adjacent to an activating group) is 1. The van der Waals surface area contributed by atoms with Crippen molar-refractivity contribution in [2.45, 2.75) is 12.8 Å². The Bertz CT molecular complexity index is 454. The van der Waals surface area contributed by atoms with Gasteiger partial charge < -0.3 is 10.0 Å². The number of fused-ring (bicyclic) bond motifs is 1. The number of rotatable bonds is 3. The molecule has 0 saturated heterocycles. The van der Waals surface area contributed by atoms with Crippen LogP contribution in [-0.4, -0.2) is 30.5 Å². The standard InChI is InChI=1S/C12H13NO3/c1-13-10-3-2-8(11(15)4-5-14)6-9(10)7-12(13)16/h2-3,6,14H,4-5,7H2,1H3. The minimum Gasteiger partial charge on any atom is -0.396 e. The summed E-state index contributed by atoms with van der Waals surface area (Å²) < 4.78 is 0. The maximum absolute atomic E-state index is 11.5. The van der Waals surface area contributed by atoms with Gasteiger partial charge in [-0.15, -0.1) is 0 Å². The zero-order valence-corrected chi connectivity index (χ0v) is 9.06. The number of hydrogen-bond donors (Lipinski definition) is 1. The molecule has 1 amide bonds. The number of carbonyl (C=O) groups excluding carboxylic acids is 2. The van der Waals surface area contributed by atoms with Crippen LogP contribution in [0.3, 0.4) is 0 Å². The molecule has 1 heterocycles. The lowest BCUT2D eigenvalue weighted by molar-refractivity contribution is -0.117. The summed E-state index contributed by atoms with van der Waals surface area (Å²) in [6, 6.07) is 5.23. The zero-order chi connectivity index (χ0) is 11.7. The number of nitrogens with zero attached hydrogens (tertiary/aromatic N) is 1. The molecule has 16 heavy (non-hydrogen) atoms. The molecular weight excluding hydrogens is 206 g/mol. The molecule has 1 aliphatic heterocycles. The SMILES string of the molecule is CN1C(=O)Cc2cc(C(=O)CCO)ccc21. The highest BCUT2D eigenvalue weighted by atomic mass is 16.3. The molecule has 0 saturated carbocycles. The lowest BCUT2D eigenvalue weighted by Gasteiger charge is -2.10. The minimum atomic E-state index is -0.144. The number of anilines is 1. The van der Waals surface area contributed by atoms with Gasteiger partial charge in [-0.05, 0) is 23.8 Å².